The molecule has 1 amide bonds. The molecule has 1 aromatic rings. The van der Waals surface area contributed by atoms with E-state index in [9.17, 15) is 18.0 Å². The first kappa shape index (κ1) is 20.8. The Kier molecular flexibility index (Phi) is 6.43. The molecule has 0 N–H and O–H groups in total. The molecule has 0 radical (unpaired) electrons. The molecule has 1 saturated carbocycles. The Bertz CT molecular complexity index is 842. The number of aryl methyl sites for hydroxylation is 1. The molecule has 1 heterocycles. The summed E-state index contributed by atoms with van der Waals surface area (Å²) in [7, 11) is -3.10. The average Bonchev–Trinajstić information content (AvgIpc) is 3.02. The normalized spacial score (nSPS) is 22.0. The monoisotopic (exact) mass is 407 g/mol. The van der Waals surface area contributed by atoms with Gasteiger partial charge >= 0.3 is 5.97 Å². The van der Waals surface area contributed by atoms with Gasteiger partial charge in [0, 0.05) is 12.1 Å². The van der Waals surface area contributed by atoms with Gasteiger partial charge in [-0.2, -0.15) is 0 Å². The second kappa shape index (κ2) is 8.64. The number of sulfone groups is 1. The number of hydrogen-bond acceptors (Lipinski definition) is 5. The number of amides is 1. The molecule has 2 fully saturated rings. The van der Waals surface area contributed by atoms with Gasteiger partial charge in [-0.05, 0) is 50.3 Å². The fourth-order valence-electron chi connectivity index (χ4n) is 4.31. The van der Waals surface area contributed by atoms with Gasteiger partial charge < -0.3 is 9.64 Å². The fourth-order valence-corrected chi connectivity index (χ4v) is 6.02. The number of nitrogens with zero attached hydrogens (tertiary/aromatic N) is 1. The van der Waals surface area contributed by atoms with Crippen LogP contribution < -0.4 is 0 Å². The Balaban J connectivity index is 1.70. The van der Waals surface area contributed by atoms with E-state index in [4.69, 9.17) is 4.74 Å². The van der Waals surface area contributed by atoms with Crippen LogP contribution in [0, 0.1) is 13.8 Å². The Morgan fingerprint density at radius 2 is 1.79 bits per heavy atom. The summed E-state index contributed by atoms with van der Waals surface area (Å²) in [5, 5.41) is 0. The summed E-state index contributed by atoms with van der Waals surface area (Å²) in [5.74, 6) is -0.666. The number of rotatable bonds is 5. The molecule has 3 rings (SSSR count). The SMILES string of the molecule is Cc1cccc(C(=O)OCC(=O)N(C2CCCCC2)C2CCS(=O)(=O)C2)c1C. The smallest absolute Gasteiger partial charge is 0.338 e. The number of hydrogen-bond donors (Lipinski definition) is 0. The van der Waals surface area contributed by atoms with E-state index >= 15 is 0 Å². The van der Waals surface area contributed by atoms with E-state index in [1.165, 1.54) is 0 Å². The van der Waals surface area contributed by atoms with Crippen LogP contribution in [0.4, 0.5) is 0 Å². The molecule has 0 spiro atoms. The van der Waals surface area contributed by atoms with Crippen molar-refractivity contribution in [2.45, 2.75) is 64.5 Å². The van der Waals surface area contributed by atoms with Gasteiger partial charge in [0.25, 0.3) is 5.91 Å². The van der Waals surface area contributed by atoms with Crippen LogP contribution in [0.2, 0.25) is 0 Å². The third kappa shape index (κ3) is 4.74. The first-order valence-electron chi connectivity index (χ1n) is 10.0. The highest BCUT2D eigenvalue weighted by Gasteiger charge is 2.38. The lowest BCUT2D eigenvalue weighted by Gasteiger charge is -2.38. The molecule has 1 aliphatic carbocycles. The number of benzene rings is 1. The quantitative estimate of drug-likeness (QED) is 0.701. The van der Waals surface area contributed by atoms with Crippen LogP contribution in [0.1, 0.15) is 60.0 Å². The first-order chi connectivity index (χ1) is 13.3. The molecule has 6 nitrogen and oxygen atoms in total. The highest BCUT2D eigenvalue weighted by molar-refractivity contribution is 7.91. The molecule has 1 aromatic carbocycles. The predicted octanol–water partition coefficient (Wildman–Crippen LogP) is 2.81. The number of carbonyl (C=O) groups excluding carboxylic acids is 2. The van der Waals surface area contributed by atoms with Crippen molar-refractivity contribution >= 4 is 21.7 Å². The van der Waals surface area contributed by atoms with E-state index < -0.39 is 15.8 Å². The van der Waals surface area contributed by atoms with E-state index in [-0.39, 0.29) is 36.1 Å². The molecule has 7 heteroatoms. The summed E-state index contributed by atoms with van der Waals surface area (Å²) in [5.41, 5.74) is 2.28. The maximum Gasteiger partial charge on any atom is 0.338 e. The van der Waals surface area contributed by atoms with Crippen LogP contribution >= 0.6 is 0 Å². The third-order valence-electron chi connectivity index (χ3n) is 6.01. The van der Waals surface area contributed by atoms with E-state index in [1.54, 1.807) is 17.0 Å². The van der Waals surface area contributed by atoms with Crippen molar-refractivity contribution in [2.24, 2.45) is 0 Å². The molecule has 1 saturated heterocycles. The fraction of sp³-hybridized carbons (Fsp3) is 0.619. The largest absolute Gasteiger partial charge is 0.452 e. The molecule has 1 unspecified atom stereocenters. The minimum atomic E-state index is -3.10. The topological polar surface area (TPSA) is 80.8 Å². The summed E-state index contributed by atoms with van der Waals surface area (Å²) in [6.07, 6.45) is 5.45. The zero-order valence-electron chi connectivity index (χ0n) is 16.6. The maximum absolute atomic E-state index is 13.0. The van der Waals surface area contributed by atoms with Crippen LogP contribution in [-0.4, -0.2) is 55.4 Å². The number of ether oxygens (including phenoxy) is 1. The van der Waals surface area contributed by atoms with Crippen molar-refractivity contribution in [2.75, 3.05) is 18.1 Å². The van der Waals surface area contributed by atoms with E-state index in [2.05, 4.69) is 0 Å². The lowest BCUT2D eigenvalue weighted by atomic mass is 9.93. The van der Waals surface area contributed by atoms with Crippen molar-refractivity contribution < 1.29 is 22.7 Å². The Hall–Kier alpha value is -1.89. The van der Waals surface area contributed by atoms with Crippen molar-refractivity contribution in [3.05, 3.63) is 34.9 Å². The van der Waals surface area contributed by atoms with Crippen molar-refractivity contribution in [1.29, 1.82) is 0 Å². The van der Waals surface area contributed by atoms with Crippen LogP contribution in [0.25, 0.3) is 0 Å². The summed E-state index contributed by atoms with van der Waals surface area (Å²) in [4.78, 5) is 27.2. The molecule has 0 bridgehead atoms. The molecule has 28 heavy (non-hydrogen) atoms. The number of esters is 1. The summed E-state index contributed by atoms with van der Waals surface area (Å²) < 4.78 is 29.2. The van der Waals surface area contributed by atoms with Gasteiger partial charge in [-0.15, -0.1) is 0 Å². The zero-order valence-corrected chi connectivity index (χ0v) is 17.5. The third-order valence-corrected chi connectivity index (χ3v) is 7.76. The van der Waals surface area contributed by atoms with Crippen LogP contribution in [0.3, 0.4) is 0 Å². The van der Waals surface area contributed by atoms with Gasteiger partial charge in [0.05, 0.1) is 17.1 Å². The molecule has 154 valence electrons. The minimum Gasteiger partial charge on any atom is -0.452 e. The molecular weight excluding hydrogens is 378 g/mol. The van der Waals surface area contributed by atoms with E-state index in [0.29, 0.717) is 12.0 Å². The zero-order chi connectivity index (χ0) is 20.3. The molecule has 2 aliphatic rings. The van der Waals surface area contributed by atoms with Crippen molar-refractivity contribution in [3.63, 3.8) is 0 Å². The lowest BCUT2D eigenvalue weighted by molar-refractivity contribution is -0.140. The maximum atomic E-state index is 13.0. The minimum absolute atomic E-state index is 0.0141. The summed E-state index contributed by atoms with van der Waals surface area (Å²) in [6.45, 7) is 3.42. The first-order valence-corrected chi connectivity index (χ1v) is 11.9. The Morgan fingerprint density at radius 3 is 2.43 bits per heavy atom. The average molecular weight is 408 g/mol. The predicted molar refractivity (Wildman–Crippen MR) is 107 cm³/mol. The Morgan fingerprint density at radius 1 is 1.07 bits per heavy atom. The van der Waals surface area contributed by atoms with Gasteiger partial charge in [0.2, 0.25) is 0 Å². The second-order valence-corrected chi connectivity index (χ2v) is 10.2. The van der Waals surface area contributed by atoms with Crippen LogP contribution in [0.15, 0.2) is 18.2 Å². The van der Waals surface area contributed by atoms with Gasteiger partial charge in [0.15, 0.2) is 16.4 Å². The Labute approximate surface area is 167 Å². The van der Waals surface area contributed by atoms with Gasteiger partial charge in [-0.1, -0.05) is 31.4 Å². The molecule has 1 atom stereocenters. The van der Waals surface area contributed by atoms with Crippen LogP contribution in [0.5, 0.6) is 0 Å². The molecular formula is C21H29NO5S. The lowest BCUT2D eigenvalue weighted by Crippen LogP contribution is -2.50. The number of carbonyl (C=O) groups is 2. The summed E-state index contributed by atoms with van der Waals surface area (Å²) >= 11 is 0. The van der Waals surface area contributed by atoms with E-state index in [1.807, 2.05) is 19.9 Å². The van der Waals surface area contributed by atoms with Gasteiger partial charge in [-0.25, -0.2) is 13.2 Å². The van der Waals surface area contributed by atoms with Crippen molar-refractivity contribution in [3.8, 4) is 0 Å². The van der Waals surface area contributed by atoms with Crippen LogP contribution in [-0.2, 0) is 19.4 Å². The van der Waals surface area contributed by atoms with Gasteiger partial charge in [-0.3, -0.25) is 4.79 Å². The highest BCUT2D eigenvalue weighted by atomic mass is 32.2. The highest BCUT2D eigenvalue weighted by Crippen LogP contribution is 2.28. The summed E-state index contributed by atoms with van der Waals surface area (Å²) in [6, 6.07) is 5.14. The standard InChI is InChI=1S/C21H29NO5S/c1-15-7-6-10-19(16(15)2)21(24)27-13-20(23)22(17-8-4-3-5-9-17)18-11-12-28(25,26)14-18/h6-7,10,17-18H,3-5,8-9,11-14H2,1-2H3. The van der Waals surface area contributed by atoms with Gasteiger partial charge in [0.1, 0.15) is 0 Å². The second-order valence-electron chi connectivity index (χ2n) is 7.97. The van der Waals surface area contributed by atoms with E-state index in [0.717, 1.165) is 43.2 Å². The molecule has 1 aliphatic heterocycles. The van der Waals surface area contributed by atoms with Crippen molar-refractivity contribution in [1.82, 2.24) is 4.90 Å². The molecule has 0 aromatic heterocycles.